The monoisotopic (exact) mass is 409 g/mol. The molecule has 4 nitrogen and oxygen atoms in total. The second kappa shape index (κ2) is 8.96. The van der Waals surface area contributed by atoms with Gasteiger partial charge in [-0.05, 0) is 61.3 Å². The van der Waals surface area contributed by atoms with E-state index >= 15 is 0 Å². The Morgan fingerprint density at radius 3 is 2.74 bits per heavy atom. The molecule has 0 radical (unpaired) electrons. The molecule has 0 bridgehead atoms. The summed E-state index contributed by atoms with van der Waals surface area (Å²) in [6.07, 6.45) is 2.45. The van der Waals surface area contributed by atoms with E-state index in [2.05, 4.69) is 4.90 Å². The van der Waals surface area contributed by atoms with Crippen molar-refractivity contribution in [2.75, 3.05) is 32.4 Å². The predicted octanol–water partition coefficient (Wildman–Crippen LogP) is 4.41. The van der Waals surface area contributed by atoms with Gasteiger partial charge >= 0.3 is 0 Å². The van der Waals surface area contributed by atoms with Crippen LogP contribution in [-0.4, -0.2) is 42.4 Å². The minimum Gasteiger partial charge on any atom is -0.399 e. The number of carbonyl (C=O) groups is 1. The summed E-state index contributed by atoms with van der Waals surface area (Å²) >= 11 is 12.1. The van der Waals surface area contributed by atoms with Crippen LogP contribution in [0.1, 0.15) is 32.8 Å². The molecule has 2 aromatic carbocycles. The first-order valence-corrected chi connectivity index (χ1v) is 9.81. The summed E-state index contributed by atoms with van der Waals surface area (Å²) in [5.74, 6) is -0.0829. The lowest BCUT2D eigenvalue weighted by molar-refractivity contribution is -0.131. The smallest absolute Gasteiger partial charge is 0.227 e. The Morgan fingerprint density at radius 2 is 2.04 bits per heavy atom. The highest BCUT2D eigenvalue weighted by atomic mass is 35.5. The van der Waals surface area contributed by atoms with Crippen LogP contribution in [0.25, 0.3) is 0 Å². The molecule has 1 atom stereocenters. The molecule has 0 saturated carbocycles. The topological polar surface area (TPSA) is 49.6 Å². The average Bonchev–Trinajstić information content (AvgIpc) is 3.20. The third kappa shape index (κ3) is 5.16. The highest BCUT2D eigenvalue weighted by Gasteiger charge is 2.26. The molecule has 1 heterocycles. The normalized spacial score (nSPS) is 16.7. The van der Waals surface area contributed by atoms with E-state index in [1.54, 1.807) is 42.3 Å². The summed E-state index contributed by atoms with van der Waals surface area (Å²) in [5.41, 5.74) is 7.52. The molecule has 1 saturated heterocycles. The third-order valence-electron chi connectivity index (χ3n) is 4.97. The van der Waals surface area contributed by atoms with Gasteiger partial charge in [-0.1, -0.05) is 41.4 Å². The molecule has 27 heavy (non-hydrogen) atoms. The van der Waals surface area contributed by atoms with Gasteiger partial charge in [-0.25, -0.2) is 0 Å². The Bertz CT molecular complexity index is 904. The number of hydrogen-bond donors (Lipinski definition) is 1. The van der Waals surface area contributed by atoms with Crippen molar-refractivity contribution in [3.05, 3.63) is 63.6 Å². The molecular weight excluding hydrogens is 381 g/mol. The second-order valence-corrected chi connectivity index (χ2v) is 7.74. The van der Waals surface area contributed by atoms with Crippen LogP contribution in [0.3, 0.4) is 0 Å². The SMILES string of the molecule is [3H]c1ccc([C@@H](CN2CCCC2)N(C)C(=O)Cc2ccc(Cl)c(Cl)c2)c([3H])c1N. The molecule has 0 spiro atoms. The number of hydrogen-bond acceptors (Lipinski definition) is 3. The van der Waals surface area contributed by atoms with E-state index < -0.39 is 0 Å². The molecule has 0 aromatic heterocycles. The Balaban J connectivity index is 1.87. The van der Waals surface area contributed by atoms with Crippen molar-refractivity contribution in [3.63, 3.8) is 0 Å². The molecule has 0 aliphatic carbocycles. The fourth-order valence-electron chi connectivity index (χ4n) is 3.41. The lowest BCUT2D eigenvalue weighted by Crippen LogP contribution is -2.39. The maximum Gasteiger partial charge on any atom is 0.227 e. The number of nitrogens with two attached hydrogens (primary N) is 1. The number of nitrogens with zero attached hydrogens (tertiary/aromatic N) is 2. The van der Waals surface area contributed by atoms with Crippen LogP contribution in [0.15, 0.2) is 42.4 Å². The highest BCUT2D eigenvalue weighted by molar-refractivity contribution is 6.42. The molecule has 3 rings (SSSR count). The van der Waals surface area contributed by atoms with Gasteiger partial charge in [0, 0.05) is 19.3 Å². The van der Waals surface area contributed by atoms with E-state index in [0.29, 0.717) is 22.2 Å². The van der Waals surface area contributed by atoms with Gasteiger partial charge in [0.15, 0.2) is 0 Å². The molecule has 2 N–H and O–H groups in total. The average molecular weight is 410 g/mol. The second-order valence-electron chi connectivity index (χ2n) is 6.93. The van der Waals surface area contributed by atoms with E-state index in [1.807, 2.05) is 0 Å². The van der Waals surface area contributed by atoms with E-state index in [-0.39, 0.29) is 36.1 Å². The van der Waals surface area contributed by atoms with Crippen molar-refractivity contribution < 1.29 is 7.54 Å². The minimum absolute atomic E-state index is 0.0829. The maximum atomic E-state index is 13.1. The summed E-state index contributed by atoms with van der Waals surface area (Å²) in [5, 5.41) is 0.869. The standard InChI is InChI=1S/C21H25Cl2N3O/c1-25(21(27)12-15-7-8-18(22)19(23)11-15)20(14-26-9-2-3-10-26)16-5-4-6-17(24)13-16/h4-8,11,13,20H,2-3,9-10,12,14,24H2,1H3/t20-/m1/s1/i6T,13T. The zero-order chi connectivity index (χ0) is 21.1. The first-order chi connectivity index (χ1) is 13.8. The van der Waals surface area contributed by atoms with Crippen LogP contribution in [0.5, 0.6) is 0 Å². The number of nitrogen functional groups attached to an aromatic ring is 1. The van der Waals surface area contributed by atoms with Crippen molar-refractivity contribution in [2.24, 2.45) is 0 Å². The molecule has 0 unspecified atom stereocenters. The fraction of sp³-hybridized carbons (Fsp3) is 0.381. The number of likely N-dealkylation sites (N-methyl/N-ethyl adjacent to an activating group) is 1. The number of carbonyl (C=O) groups excluding carboxylic acids is 1. The Labute approximate surface area is 173 Å². The number of likely N-dealkylation sites (tertiary alicyclic amines) is 1. The Hall–Kier alpha value is -1.75. The van der Waals surface area contributed by atoms with E-state index in [0.717, 1.165) is 31.5 Å². The summed E-state index contributed by atoms with van der Waals surface area (Å²) in [7, 11) is 1.75. The van der Waals surface area contributed by atoms with Gasteiger partial charge < -0.3 is 15.5 Å². The predicted molar refractivity (Wildman–Crippen MR) is 112 cm³/mol. The molecule has 1 amide bonds. The van der Waals surface area contributed by atoms with Gasteiger partial charge in [0.1, 0.15) is 0 Å². The van der Waals surface area contributed by atoms with Crippen LogP contribution in [0.2, 0.25) is 10.0 Å². The number of benzene rings is 2. The molecule has 1 fully saturated rings. The van der Waals surface area contributed by atoms with E-state index in [4.69, 9.17) is 31.7 Å². The van der Waals surface area contributed by atoms with Gasteiger partial charge in [-0.3, -0.25) is 4.79 Å². The largest absolute Gasteiger partial charge is 0.399 e. The van der Waals surface area contributed by atoms with Crippen molar-refractivity contribution in [1.82, 2.24) is 9.80 Å². The van der Waals surface area contributed by atoms with Crippen LogP contribution >= 0.6 is 23.2 Å². The minimum atomic E-state index is -0.321. The van der Waals surface area contributed by atoms with Crippen LogP contribution < -0.4 is 5.73 Å². The Kier molecular flexibility index (Phi) is 5.76. The molecule has 6 heteroatoms. The summed E-state index contributed by atoms with van der Waals surface area (Å²) < 4.78 is 16.3. The summed E-state index contributed by atoms with van der Waals surface area (Å²) in [6.45, 7) is 2.58. The van der Waals surface area contributed by atoms with Gasteiger partial charge in [-0.2, -0.15) is 0 Å². The first kappa shape index (κ1) is 17.4. The van der Waals surface area contributed by atoms with Crippen molar-refractivity contribution in [2.45, 2.75) is 25.3 Å². The molecule has 2 aromatic rings. The number of halogens is 2. The van der Waals surface area contributed by atoms with Crippen LogP contribution in [-0.2, 0) is 11.2 Å². The van der Waals surface area contributed by atoms with Crippen molar-refractivity contribution in [3.8, 4) is 0 Å². The summed E-state index contributed by atoms with van der Waals surface area (Å²) in [4.78, 5) is 17.0. The zero-order valence-corrected chi connectivity index (χ0v) is 16.9. The number of anilines is 1. The molecule has 144 valence electrons. The van der Waals surface area contributed by atoms with Crippen molar-refractivity contribution in [1.29, 1.82) is 0 Å². The highest BCUT2D eigenvalue weighted by Crippen LogP contribution is 2.26. The lowest BCUT2D eigenvalue weighted by Gasteiger charge is -2.32. The Morgan fingerprint density at radius 1 is 1.30 bits per heavy atom. The van der Waals surface area contributed by atoms with E-state index in [1.165, 1.54) is 0 Å². The lowest BCUT2D eigenvalue weighted by atomic mass is 10.0. The number of rotatable bonds is 6. The molecular formula is C21H25Cl2N3O. The van der Waals surface area contributed by atoms with Gasteiger partial charge in [-0.15, -0.1) is 0 Å². The number of amides is 1. The first-order valence-electron chi connectivity index (χ1n) is 10.1. The maximum absolute atomic E-state index is 13.1. The molecule has 1 aliphatic heterocycles. The third-order valence-corrected chi connectivity index (χ3v) is 5.71. The fourth-order valence-corrected chi connectivity index (χ4v) is 3.73. The summed E-state index contributed by atoms with van der Waals surface area (Å²) in [6, 6.07) is 8.44. The van der Waals surface area contributed by atoms with Crippen LogP contribution in [0, 0.1) is 0 Å². The molecule has 1 aliphatic rings. The van der Waals surface area contributed by atoms with Crippen LogP contribution in [0.4, 0.5) is 5.69 Å². The zero-order valence-electron chi connectivity index (χ0n) is 17.3. The van der Waals surface area contributed by atoms with Gasteiger partial charge in [0.2, 0.25) is 5.91 Å². The van der Waals surface area contributed by atoms with Crippen molar-refractivity contribution >= 4 is 34.8 Å². The van der Waals surface area contributed by atoms with E-state index in [9.17, 15) is 4.79 Å². The quantitative estimate of drug-likeness (QED) is 0.718. The van der Waals surface area contributed by atoms with Gasteiger partial charge in [0.05, 0.1) is 25.2 Å². The van der Waals surface area contributed by atoms with Gasteiger partial charge in [0.25, 0.3) is 0 Å².